The van der Waals surface area contributed by atoms with Gasteiger partial charge in [0.15, 0.2) is 0 Å². The van der Waals surface area contributed by atoms with Gasteiger partial charge in [0.05, 0.1) is 15.6 Å². The summed E-state index contributed by atoms with van der Waals surface area (Å²) in [7, 11) is 1.73. The molecule has 1 heterocycles. The van der Waals surface area contributed by atoms with Crippen molar-refractivity contribution < 1.29 is 9.31 Å². The molecule has 0 fully saturated rings. The van der Waals surface area contributed by atoms with Crippen molar-refractivity contribution in [2.24, 2.45) is 7.05 Å². The maximum atomic E-state index is 13.4. The normalized spacial score (nSPS) is 10.8. The fraction of sp³-hybridized carbons (Fsp3) is 0.167. The predicted molar refractivity (Wildman–Crippen MR) is 99.4 cm³/mol. The maximum absolute atomic E-state index is 13.4. The molecule has 134 valence electrons. The van der Waals surface area contributed by atoms with E-state index >= 15 is 0 Å². The molecular weight excluding hydrogens is 359 g/mol. The molecule has 0 atom stereocenters. The number of nitro groups is 1. The van der Waals surface area contributed by atoms with Gasteiger partial charge in [0.1, 0.15) is 17.3 Å². The zero-order valence-corrected chi connectivity index (χ0v) is 14.9. The van der Waals surface area contributed by atoms with Crippen molar-refractivity contribution >= 4 is 28.8 Å². The molecule has 0 bridgehead atoms. The third-order valence-corrected chi connectivity index (χ3v) is 4.32. The molecule has 8 heteroatoms. The van der Waals surface area contributed by atoms with Gasteiger partial charge in [-0.2, -0.15) is 5.10 Å². The number of anilines is 2. The van der Waals surface area contributed by atoms with E-state index in [0.29, 0.717) is 29.1 Å². The number of para-hydroxylation sites is 2. The second kappa shape index (κ2) is 7.13. The number of hydrogen-bond donors (Lipinski definition) is 1. The molecule has 2 aromatic carbocycles. The lowest BCUT2D eigenvalue weighted by Crippen LogP contribution is -2.02. The first-order chi connectivity index (χ1) is 12.4. The van der Waals surface area contributed by atoms with Crippen molar-refractivity contribution in [3.05, 3.63) is 69.1 Å². The standard InChI is InChI=1S/C18H16ClFN4O2/c1-3-14-17(12-9-8-11(20)10-13(12)19)18(23(2)22-14)21-15-6-4-5-7-16(15)24(25)26/h4-10,21H,3H2,1-2H3. The Bertz CT molecular complexity index is 987. The third kappa shape index (κ3) is 3.25. The zero-order chi connectivity index (χ0) is 18.8. The summed E-state index contributed by atoms with van der Waals surface area (Å²) in [5.41, 5.74) is 2.34. The van der Waals surface area contributed by atoms with E-state index in [-0.39, 0.29) is 10.7 Å². The van der Waals surface area contributed by atoms with E-state index in [1.807, 2.05) is 6.92 Å². The number of hydrogen-bond acceptors (Lipinski definition) is 4. The number of benzene rings is 2. The number of rotatable bonds is 5. The highest BCUT2D eigenvalue weighted by Gasteiger charge is 2.22. The Balaban J connectivity index is 2.17. The molecule has 3 rings (SSSR count). The minimum Gasteiger partial charge on any atom is -0.334 e. The number of aromatic nitrogens is 2. The third-order valence-electron chi connectivity index (χ3n) is 4.01. The van der Waals surface area contributed by atoms with Crippen LogP contribution < -0.4 is 5.32 Å². The van der Waals surface area contributed by atoms with Crippen LogP contribution in [0.25, 0.3) is 11.1 Å². The molecule has 0 saturated carbocycles. The lowest BCUT2D eigenvalue weighted by atomic mass is 10.0. The van der Waals surface area contributed by atoms with Crippen molar-refractivity contribution in [3.8, 4) is 11.1 Å². The number of halogens is 2. The van der Waals surface area contributed by atoms with Gasteiger partial charge in [0.2, 0.25) is 0 Å². The lowest BCUT2D eigenvalue weighted by molar-refractivity contribution is -0.383. The summed E-state index contributed by atoms with van der Waals surface area (Å²) >= 11 is 6.25. The van der Waals surface area contributed by atoms with E-state index in [4.69, 9.17) is 11.6 Å². The SMILES string of the molecule is CCc1nn(C)c(Nc2ccccc2[N+](=O)[O-])c1-c1ccc(F)cc1Cl. The molecule has 1 aromatic heterocycles. The van der Waals surface area contributed by atoms with Crippen molar-refractivity contribution in [3.63, 3.8) is 0 Å². The van der Waals surface area contributed by atoms with Gasteiger partial charge in [-0.1, -0.05) is 30.7 Å². The number of aryl methyl sites for hydroxylation is 2. The van der Waals surface area contributed by atoms with Crippen molar-refractivity contribution in [1.82, 2.24) is 9.78 Å². The molecule has 3 aromatic rings. The molecule has 1 N–H and O–H groups in total. The van der Waals surface area contributed by atoms with Gasteiger partial charge < -0.3 is 5.32 Å². The van der Waals surface area contributed by atoms with Gasteiger partial charge in [0.25, 0.3) is 5.69 Å². The quantitative estimate of drug-likeness (QED) is 0.498. The van der Waals surface area contributed by atoms with E-state index < -0.39 is 10.7 Å². The topological polar surface area (TPSA) is 73.0 Å². The van der Waals surface area contributed by atoms with Crippen LogP contribution in [-0.4, -0.2) is 14.7 Å². The lowest BCUT2D eigenvalue weighted by Gasteiger charge is -2.12. The Kier molecular flexibility index (Phi) is 4.90. The average molecular weight is 375 g/mol. The van der Waals surface area contributed by atoms with Crippen molar-refractivity contribution in [1.29, 1.82) is 0 Å². The van der Waals surface area contributed by atoms with Gasteiger partial charge >= 0.3 is 0 Å². The minimum absolute atomic E-state index is 0.0529. The van der Waals surface area contributed by atoms with Crippen LogP contribution in [0.4, 0.5) is 21.6 Å². The summed E-state index contributed by atoms with van der Waals surface area (Å²) in [6, 6.07) is 10.5. The number of nitrogens with one attached hydrogen (secondary N) is 1. The van der Waals surface area contributed by atoms with E-state index in [1.54, 1.807) is 36.0 Å². The van der Waals surface area contributed by atoms with E-state index in [9.17, 15) is 14.5 Å². The first-order valence-electron chi connectivity index (χ1n) is 7.94. The van der Waals surface area contributed by atoms with Gasteiger partial charge in [-0.15, -0.1) is 0 Å². The van der Waals surface area contributed by atoms with Crippen LogP contribution >= 0.6 is 11.6 Å². The summed E-state index contributed by atoms with van der Waals surface area (Å²) in [5, 5.41) is 19.1. The number of nitrogens with zero attached hydrogens (tertiary/aromatic N) is 3. The van der Waals surface area contributed by atoms with E-state index in [1.165, 1.54) is 18.2 Å². The molecule has 0 radical (unpaired) electrons. The van der Waals surface area contributed by atoms with Gasteiger partial charge in [0, 0.05) is 24.2 Å². The summed E-state index contributed by atoms with van der Waals surface area (Å²) < 4.78 is 15.0. The first kappa shape index (κ1) is 17.9. The van der Waals surface area contributed by atoms with Crippen molar-refractivity contribution in [2.75, 3.05) is 5.32 Å². The molecule has 0 amide bonds. The van der Waals surface area contributed by atoms with Crippen LogP contribution in [0.1, 0.15) is 12.6 Å². The number of nitro benzene ring substituents is 1. The van der Waals surface area contributed by atoms with Crippen molar-refractivity contribution in [2.45, 2.75) is 13.3 Å². The molecule has 0 unspecified atom stereocenters. The van der Waals surface area contributed by atoms with Crippen LogP contribution in [-0.2, 0) is 13.5 Å². The molecule has 6 nitrogen and oxygen atoms in total. The predicted octanol–water partition coefficient (Wildman–Crippen LogP) is 5.09. The van der Waals surface area contributed by atoms with Crippen LogP contribution in [0.2, 0.25) is 5.02 Å². The fourth-order valence-electron chi connectivity index (χ4n) is 2.81. The maximum Gasteiger partial charge on any atom is 0.292 e. The molecule has 0 aliphatic heterocycles. The largest absolute Gasteiger partial charge is 0.334 e. The molecule has 0 aliphatic rings. The molecule has 0 spiro atoms. The second-order valence-corrected chi connectivity index (χ2v) is 6.08. The summed E-state index contributed by atoms with van der Waals surface area (Å²) in [6.07, 6.45) is 0.620. The molecule has 0 aliphatic carbocycles. The highest BCUT2D eigenvalue weighted by atomic mass is 35.5. The highest BCUT2D eigenvalue weighted by molar-refractivity contribution is 6.33. The molecular formula is C18H16ClFN4O2. The van der Waals surface area contributed by atoms with Gasteiger partial charge in [-0.05, 0) is 30.7 Å². The van der Waals surface area contributed by atoms with Gasteiger partial charge in [-0.25, -0.2) is 4.39 Å². The Labute approximate surface area is 154 Å². The van der Waals surface area contributed by atoms with E-state index in [2.05, 4.69) is 10.4 Å². The summed E-state index contributed by atoms with van der Waals surface area (Å²) in [5.74, 6) is 0.110. The minimum atomic E-state index is -0.454. The summed E-state index contributed by atoms with van der Waals surface area (Å²) in [4.78, 5) is 10.8. The first-order valence-corrected chi connectivity index (χ1v) is 8.32. The van der Waals surface area contributed by atoms with Crippen LogP contribution in [0.3, 0.4) is 0 Å². The zero-order valence-electron chi connectivity index (χ0n) is 14.2. The smallest absolute Gasteiger partial charge is 0.292 e. The highest BCUT2D eigenvalue weighted by Crippen LogP contribution is 2.39. The Morgan fingerprint density at radius 1 is 1.31 bits per heavy atom. The van der Waals surface area contributed by atoms with Crippen LogP contribution in [0.15, 0.2) is 42.5 Å². The second-order valence-electron chi connectivity index (χ2n) is 5.67. The Morgan fingerprint density at radius 3 is 2.69 bits per heavy atom. The molecule has 0 saturated heterocycles. The fourth-order valence-corrected chi connectivity index (χ4v) is 3.07. The van der Waals surface area contributed by atoms with Crippen LogP contribution in [0.5, 0.6) is 0 Å². The Hall–Kier alpha value is -2.93. The van der Waals surface area contributed by atoms with E-state index in [0.717, 1.165) is 5.69 Å². The Morgan fingerprint density at radius 2 is 2.04 bits per heavy atom. The summed E-state index contributed by atoms with van der Waals surface area (Å²) in [6.45, 7) is 1.94. The van der Waals surface area contributed by atoms with Crippen LogP contribution in [0, 0.1) is 15.9 Å². The molecule has 26 heavy (non-hydrogen) atoms. The monoisotopic (exact) mass is 374 g/mol. The average Bonchev–Trinajstić information content (AvgIpc) is 2.91. The van der Waals surface area contributed by atoms with Gasteiger partial charge in [-0.3, -0.25) is 14.8 Å².